The van der Waals surface area contributed by atoms with E-state index in [-0.39, 0.29) is 12.0 Å². The van der Waals surface area contributed by atoms with Crippen LogP contribution in [0.5, 0.6) is 12.0 Å². The summed E-state index contributed by atoms with van der Waals surface area (Å²) in [6, 6.07) is 0.739. The molecule has 0 amide bonds. The van der Waals surface area contributed by atoms with E-state index < -0.39 is 0 Å². The molecule has 1 fully saturated rings. The average molecular weight is 435 g/mol. The van der Waals surface area contributed by atoms with Crippen molar-refractivity contribution in [2.45, 2.75) is 52.0 Å². The van der Waals surface area contributed by atoms with Crippen molar-refractivity contribution in [3.63, 3.8) is 0 Å². The fraction of sp³-hybridized carbons (Fsp3) is 0.714. The van der Waals surface area contributed by atoms with Gasteiger partial charge in [0.05, 0.1) is 20.8 Å². The van der Waals surface area contributed by atoms with Gasteiger partial charge in [-0.2, -0.15) is 15.0 Å². The number of likely N-dealkylation sites (tertiary alicyclic amines) is 1. The zero-order chi connectivity index (χ0) is 22.2. The van der Waals surface area contributed by atoms with Gasteiger partial charge in [0.2, 0.25) is 0 Å². The molecule has 0 aromatic carbocycles. The Balaban J connectivity index is 1.62. The number of nitrogen functional groups attached to an aromatic ring is 1. The lowest BCUT2D eigenvalue weighted by Crippen LogP contribution is -2.36. The molecule has 2 aromatic rings. The lowest BCUT2D eigenvalue weighted by molar-refractivity contribution is -0.141. The van der Waals surface area contributed by atoms with Gasteiger partial charge in [-0.3, -0.25) is 9.36 Å². The quantitative estimate of drug-likeness (QED) is 0.420. The van der Waals surface area contributed by atoms with Crippen molar-refractivity contribution in [1.29, 1.82) is 0 Å². The summed E-state index contributed by atoms with van der Waals surface area (Å²) in [5.74, 6) is 0.745. The molecule has 0 bridgehead atoms. The molecule has 3 rings (SSSR count). The fourth-order valence-electron chi connectivity index (χ4n) is 3.88. The summed E-state index contributed by atoms with van der Waals surface area (Å²) < 4.78 is 17.8. The van der Waals surface area contributed by atoms with Crippen molar-refractivity contribution in [3.05, 3.63) is 0 Å². The van der Waals surface area contributed by atoms with E-state index in [9.17, 15) is 4.79 Å². The molecule has 1 aliphatic heterocycles. The third-order valence-corrected chi connectivity index (χ3v) is 5.81. The minimum Gasteiger partial charge on any atom is -0.469 e. The highest BCUT2D eigenvalue weighted by molar-refractivity contribution is 5.83. The Hall–Kier alpha value is -2.62. The van der Waals surface area contributed by atoms with Crippen LogP contribution in [0.15, 0.2) is 0 Å². The van der Waals surface area contributed by atoms with Gasteiger partial charge >= 0.3 is 12.0 Å². The molecule has 2 N–H and O–H groups in total. The number of nitrogens with two attached hydrogens (primary N) is 1. The van der Waals surface area contributed by atoms with E-state index in [0.717, 1.165) is 51.7 Å². The molecule has 0 aliphatic carbocycles. The van der Waals surface area contributed by atoms with Gasteiger partial charge in [0.25, 0.3) is 6.01 Å². The first-order valence-corrected chi connectivity index (χ1v) is 11.0. The molecule has 0 atom stereocenters. The van der Waals surface area contributed by atoms with Crippen molar-refractivity contribution in [3.8, 4) is 12.0 Å². The zero-order valence-electron chi connectivity index (χ0n) is 18.8. The van der Waals surface area contributed by atoms with Crippen LogP contribution in [-0.4, -0.2) is 70.8 Å². The highest BCUT2D eigenvalue weighted by Crippen LogP contribution is 2.26. The van der Waals surface area contributed by atoms with E-state index in [0.29, 0.717) is 48.5 Å². The van der Waals surface area contributed by atoms with Crippen LogP contribution in [0.3, 0.4) is 0 Å². The Kier molecular flexibility index (Phi) is 8.27. The lowest BCUT2D eigenvalue weighted by Gasteiger charge is -2.31. The third-order valence-electron chi connectivity index (χ3n) is 5.81. The predicted molar refractivity (Wildman–Crippen MR) is 117 cm³/mol. The van der Waals surface area contributed by atoms with Crippen LogP contribution in [0.2, 0.25) is 0 Å². The summed E-state index contributed by atoms with van der Waals surface area (Å²) in [4.78, 5) is 27.0. The number of nitrogens with zero attached hydrogens (tertiary/aromatic N) is 5. The predicted octanol–water partition coefficient (Wildman–Crippen LogP) is 2.26. The molecule has 10 heteroatoms. The van der Waals surface area contributed by atoms with Gasteiger partial charge < -0.3 is 24.8 Å². The van der Waals surface area contributed by atoms with Gasteiger partial charge in [-0.05, 0) is 44.7 Å². The van der Waals surface area contributed by atoms with Crippen molar-refractivity contribution >= 4 is 23.0 Å². The molecular formula is C21H34N6O4. The maximum Gasteiger partial charge on any atom is 0.320 e. The number of unbranched alkanes of at least 4 members (excludes halogenated alkanes) is 1. The van der Waals surface area contributed by atoms with Crippen molar-refractivity contribution in [2.24, 2.45) is 5.92 Å². The normalized spacial score (nSPS) is 15.3. The van der Waals surface area contributed by atoms with E-state index in [1.807, 2.05) is 4.57 Å². The monoisotopic (exact) mass is 434 g/mol. The SMILES string of the molecule is CCCCOc1nc(N)c2nc(OC)n(CCN3CCC(CCC(=O)OC)CC3)c2n1. The van der Waals surface area contributed by atoms with E-state index in [1.165, 1.54) is 7.11 Å². The van der Waals surface area contributed by atoms with Crippen LogP contribution >= 0.6 is 0 Å². The molecule has 172 valence electrons. The standard InChI is InChI=1S/C21H34N6O4/c1-4-5-14-31-20-24-18(22)17-19(25-20)27(21(23-17)30-3)13-12-26-10-8-15(9-11-26)6-7-16(28)29-2/h15H,4-14H2,1-3H3,(H2,22,24,25). The summed E-state index contributed by atoms with van der Waals surface area (Å²) in [6.45, 7) is 6.19. The van der Waals surface area contributed by atoms with E-state index in [1.54, 1.807) is 7.11 Å². The van der Waals surface area contributed by atoms with E-state index in [4.69, 9.17) is 19.9 Å². The van der Waals surface area contributed by atoms with E-state index >= 15 is 0 Å². The maximum atomic E-state index is 11.4. The molecule has 0 spiro atoms. The molecular weight excluding hydrogens is 400 g/mol. The Bertz CT molecular complexity index is 863. The van der Waals surface area contributed by atoms with Gasteiger partial charge in [-0.15, -0.1) is 0 Å². The number of carbonyl (C=O) groups is 1. The van der Waals surface area contributed by atoms with Crippen molar-refractivity contribution in [2.75, 3.05) is 46.2 Å². The number of aromatic nitrogens is 4. The number of hydrogen-bond donors (Lipinski definition) is 1. The molecule has 0 unspecified atom stereocenters. The second-order valence-electron chi connectivity index (χ2n) is 7.92. The minimum absolute atomic E-state index is 0.124. The molecule has 1 aliphatic rings. The molecule has 10 nitrogen and oxygen atoms in total. The smallest absolute Gasteiger partial charge is 0.320 e. The van der Waals surface area contributed by atoms with Gasteiger partial charge in [-0.25, -0.2) is 0 Å². The first kappa shape index (κ1) is 23.1. The number of rotatable bonds is 11. The minimum atomic E-state index is -0.124. The van der Waals surface area contributed by atoms with Crippen molar-refractivity contribution < 1.29 is 19.0 Å². The Morgan fingerprint density at radius 3 is 2.61 bits per heavy atom. The van der Waals surface area contributed by atoms with Crippen LogP contribution in [0.4, 0.5) is 5.82 Å². The Morgan fingerprint density at radius 1 is 1.16 bits per heavy atom. The number of ether oxygens (including phenoxy) is 3. The number of fused-ring (bicyclic) bond motifs is 1. The zero-order valence-corrected chi connectivity index (χ0v) is 18.8. The number of esters is 1. The number of piperidine rings is 1. The summed E-state index contributed by atoms with van der Waals surface area (Å²) in [5.41, 5.74) is 7.26. The summed E-state index contributed by atoms with van der Waals surface area (Å²) in [5, 5.41) is 0. The Labute approximate surface area is 183 Å². The molecule has 2 aromatic heterocycles. The first-order chi connectivity index (χ1) is 15.0. The first-order valence-electron chi connectivity index (χ1n) is 11.0. The Morgan fingerprint density at radius 2 is 1.94 bits per heavy atom. The number of imidazole rings is 1. The molecule has 0 radical (unpaired) electrons. The molecule has 3 heterocycles. The number of methoxy groups -OCH3 is 2. The van der Waals surface area contributed by atoms with E-state index in [2.05, 4.69) is 26.8 Å². The molecule has 31 heavy (non-hydrogen) atoms. The lowest BCUT2D eigenvalue weighted by atomic mass is 9.92. The van der Waals surface area contributed by atoms with Gasteiger partial charge in [0.15, 0.2) is 17.0 Å². The topological polar surface area (TPSA) is 118 Å². The summed E-state index contributed by atoms with van der Waals surface area (Å²) >= 11 is 0. The molecule has 0 saturated carbocycles. The summed E-state index contributed by atoms with van der Waals surface area (Å²) in [7, 11) is 3.03. The van der Waals surface area contributed by atoms with Crippen LogP contribution in [0.25, 0.3) is 11.2 Å². The van der Waals surface area contributed by atoms with Crippen LogP contribution in [0.1, 0.15) is 45.4 Å². The number of hydrogen-bond acceptors (Lipinski definition) is 9. The second-order valence-corrected chi connectivity index (χ2v) is 7.92. The van der Waals surface area contributed by atoms with Gasteiger partial charge in [-0.1, -0.05) is 13.3 Å². The fourth-order valence-corrected chi connectivity index (χ4v) is 3.88. The second kappa shape index (κ2) is 11.1. The number of carbonyl (C=O) groups excluding carboxylic acids is 1. The van der Waals surface area contributed by atoms with Crippen molar-refractivity contribution in [1.82, 2.24) is 24.4 Å². The molecule has 1 saturated heterocycles. The highest BCUT2D eigenvalue weighted by Gasteiger charge is 2.22. The summed E-state index contributed by atoms with van der Waals surface area (Å²) in [6.07, 6.45) is 5.54. The highest BCUT2D eigenvalue weighted by atomic mass is 16.5. The van der Waals surface area contributed by atoms with Crippen LogP contribution in [-0.2, 0) is 16.1 Å². The van der Waals surface area contributed by atoms with Gasteiger partial charge in [0.1, 0.15) is 0 Å². The third kappa shape index (κ3) is 5.96. The largest absolute Gasteiger partial charge is 0.469 e. The van der Waals surface area contributed by atoms with Gasteiger partial charge in [0, 0.05) is 19.5 Å². The van der Waals surface area contributed by atoms with Crippen LogP contribution < -0.4 is 15.2 Å². The maximum absolute atomic E-state index is 11.4. The number of anilines is 1. The average Bonchev–Trinajstić information content (AvgIpc) is 3.15. The van der Waals surface area contributed by atoms with Crippen LogP contribution in [0, 0.1) is 5.92 Å².